The number of hydrogen-bond donors (Lipinski definition) is 3. The summed E-state index contributed by atoms with van der Waals surface area (Å²) in [5.41, 5.74) is 0.487. The summed E-state index contributed by atoms with van der Waals surface area (Å²) in [7, 11) is 0. The molecular weight excluding hydrogens is 316 g/mol. The molecule has 1 aliphatic heterocycles. The lowest BCUT2D eigenvalue weighted by Crippen LogP contribution is -2.50. The molecule has 1 fully saturated rings. The third kappa shape index (κ3) is 3.05. The highest BCUT2D eigenvalue weighted by Crippen LogP contribution is 2.20. The molecule has 0 radical (unpaired) electrons. The van der Waals surface area contributed by atoms with E-state index in [-0.39, 0.29) is 11.8 Å². The standard InChI is InChI=1S/C12H13BrN2O2S/c13-9-4-3-7(18)6-8(9)11(16)15-10-2-1-5-14-12(10)17/h3-4,6,10,18H,1-2,5H2,(H,14,17)(H,15,16). The Morgan fingerprint density at radius 2 is 2.28 bits per heavy atom. The first-order chi connectivity index (χ1) is 8.58. The minimum atomic E-state index is -0.443. The maximum atomic E-state index is 12.1. The molecule has 2 amide bonds. The van der Waals surface area contributed by atoms with Gasteiger partial charge in [-0.05, 0) is 47.0 Å². The lowest BCUT2D eigenvalue weighted by atomic mass is 10.1. The van der Waals surface area contributed by atoms with Gasteiger partial charge in [0.05, 0.1) is 5.56 Å². The van der Waals surface area contributed by atoms with E-state index in [0.29, 0.717) is 27.9 Å². The van der Waals surface area contributed by atoms with Crippen LogP contribution < -0.4 is 10.6 Å². The summed E-state index contributed by atoms with van der Waals surface area (Å²) in [5.74, 6) is -0.382. The fourth-order valence-electron chi connectivity index (χ4n) is 1.83. The quantitative estimate of drug-likeness (QED) is 0.724. The van der Waals surface area contributed by atoms with E-state index >= 15 is 0 Å². The second kappa shape index (κ2) is 5.75. The predicted octanol–water partition coefficient (Wildman–Crippen LogP) is 1.75. The van der Waals surface area contributed by atoms with Crippen molar-refractivity contribution >= 4 is 40.4 Å². The average Bonchev–Trinajstić information content (AvgIpc) is 2.35. The molecule has 6 heteroatoms. The van der Waals surface area contributed by atoms with Gasteiger partial charge in [0.15, 0.2) is 0 Å². The Morgan fingerprint density at radius 1 is 1.50 bits per heavy atom. The molecule has 1 heterocycles. The maximum absolute atomic E-state index is 12.1. The van der Waals surface area contributed by atoms with Gasteiger partial charge in [0.2, 0.25) is 5.91 Å². The van der Waals surface area contributed by atoms with Crippen molar-refractivity contribution in [3.05, 3.63) is 28.2 Å². The van der Waals surface area contributed by atoms with Gasteiger partial charge in [0.1, 0.15) is 6.04 Å². The SMILES string of the molecule is O=C(NC1CCCNC1=O)c1cc(S)ccc1Br. The van der Waals surface area contributed by atoms with Gasteiger partial charge in [-0.15, -0.1) is 12.6 Å². The van der Waals surface area contributed by atoms with E-state index in [0.717, 1.165) is 6.42 Å². The number of halogens is 1. The number of hydrogen-bond acceptors (Lipinski definition) is 3. The number of thiol groups is 1. The summed E-state index contributed by atoms with van der Waals surface area (Å²) < 4.78 is 0.689. The fraction of sp³-hybridized carbons (Fsp3) is 0.333. The van der Waals surface area contributed by atoms with Gasteiger partial charge >= 0.3 is 0 Å². The Labute approximate surface area is 119 Å². The number of amides is 2. The first kappa shape index (κ1) is 13.4. The van der Waals surface area contributed by atoms with Crippen LogP contribution in [0.15, 0.2) is 27.6 Å². The minimum absolute atomic E-state index is 0.118. The third-order valence-corrected chi connectivity index (χ3v) is 3.75. The molecule has 0 aromatic heterocycles. The largest absolute Gasteiger partial charge is 0.354 e. The van der Waals surface area contributed by atoms with Crippen LogP contribution in [-0.4, -0.2) is 24.4 Å². The van der Waals surface area contributed by atoms with Crippen LogP contribution in [0, 0.1) is 0 Å². The first-order valence-corrected chi connectivity index (χ1v) is 6.89. The molecule has 2 N–H and O–H groups in total. The molecule has 0 saturated carbocycles. The van der Waals surface area contributed by atoms with Gasteiger partial charge in [-0.1, -0.05) is 0 Å². The highest BCUT2D eigenvalue weighted by molar-refractivity contribution is 9.10. The summed E-state index contributed by atoms with van der Waals surface area (Å²) in [4.78, 5) is 24.3. The third-order valence-electron chi connectivity index (χ3n) is 2.79. The van der Waals surface area contributed by atoms with Crippen molar-refractivity contribution in [3.8, 4) is 0 Å². The van der Waals surface area contributed by atoms with Gasteiger partial charge in [0, 0.05) is 15.9 Å². The summed E-state index contributed by atoms with van der Waals surface area (Å²) in [5, 5.41) is 5.47. The van der Waals surface area contributed by atoms with Gasteiger partial charge < -0.3 is 10.6 Å². The van der Waals surface area contributed by atoms with Crippen LogP contribution in [0.5, 0.6) is 0 Å². The van der Waals surface area contributed by atoms with Crippen LogP contribution in [0.25, 0.3) is 0 Å². The molecule has 1 aromatic rings. The van der Waals surface area contributed by atoms with Crippen LogP contribution in [0.1, 0.15) is 23.2 Å². The number of piperidine rings is 1. The lowest BCUT2D eigenvalue weighted by Gasteiger charge is -2.23. The molecule has 4 nitrogen and oxygen atoms in total. The van der Waals surface area contributed by atoms with Gasteiger partial charge in [-0.25, -0.2) is 0 Å². The summed E-state index contributed by atoms with van der Waals surface area (Å²) in [6, 6.07) is 4.78. The number of nitrogens with one attached hydrogen (secondary N) is 2. The molecule has 18 heavy (non-hydrogen) atoms. The number of rotatable bonds is 2. The van der Waals surface area contributed by atoms with E-state index in [9.17, 15) is 9.59 Å². The van der Waals surface area contributed by atoms with Crippen LogP contribution in [-0.2, 0) is 4.79 Å². The highest BCUT2D eigenvalue weighted by Gasteiger charge is 2.24. The monoisotopic (exact) mass is 328 g/mol. The Kier molecular flexibility index (Phi) is 4.29. The molecule has 0 spiro atoms. The van der Waals surface area contributed by atoms with Crippen molar-refractivity contribution in [2.45, 2.75) is 23.8 Å². The normalized spacial score (nSPS) is 19.2. The molecule has 2 rings (SSSR count). The van der Waals surface area contributed by atoms with E-state index in [1.807, 2.05) is 0 Å². The van der Waals surface area contributed by atoms with Crippen molar-refractivity contribution < 1.29 is 9.59 Å². The van der Waals surface area contributed by atoms with E-state index in [1.165, 1.54) is 0 Å². The van der Waals surface area contributed by atoms with Crippen molar-refractivity contribution in [1.82, 2.24) is 10.6 Å². The summed E-state index contributed by atoms with van der Waals surface area (Å²) >= 11 is 7.52. The molecule has 1 aromatic carbocycles. The number of carbonyl (C=O) groups is 2. The summed E-state index contributed by atoms with van der Waals surface area (Å²) in [6.45, 7) is 0.682. The van der Waals surface area contributed by atoms with Crippen molar-refractivity contribution in [2.24, 2.45) is 0 Å². The van der Waals surface area contributed by atoms with E-state index in [2.05, 4.69) is 39.2 Å². The van der Waals surface area contributed by atoms with Crippen molar-refractivity contribution in [1.29, 1.82) is 0 Å². The smallest absolute Gasteiger partial charge is 0.253 e. The Balaban J connectivity index is 2.11. The zero-order valence-corrected chi connectivity index (χ0v) is 12.1. The Hall–Kier alpha value is -1.01. The Bertz CT molecular complexity index is 493. The van der Waals surface area contributed by atoms with E-state index < -0.39 is 6.04 Å². The van der Waals surface area contributed by atoms with Crippen LogP contribution in [0.3, 0.4) is 0 Å². The van der Waals surface area contributed by atoms with Crippen LogP contribution >= 0.6 is 28.6 Å². The molecule has 96 valence electrons. The van der Waals surface area contributed by atoms with Crippen molar-refractivity contribution in [3.63, 3.8) is 0 Å². The van der Waals surface area contributed by atoms with Gasteiger partial charge in [-0.2, -0.15) is 0 Å². The van der Waals surface area contributed by atoms with Crippen molar-refractivity contribution in [2.75, 3.05) is 6.54 Å². The molecule has 0 bridgehead atoms. The Morgan fingerprint density at radius 3 is 3.00 bits per heavy atom. The molecule has 1 atom stereocenters. The highest BCUT2D eigenvalue weighted by atomic mass is 79.9. The zero-order chi connectivity index (χ0) is 13.1. The maximum Gasteiger partial charge on any atom is 0.253 e. The number of benzene rings is 1. The zero-order valence-electron chi connectivity index (χ0n) is 9.57. The topological polar surface area (TPSA) is 58.2 Å². The fourth-order valence-corrected chi connectivity index (χ4v) is 2.46. The molecular formula is C12H13BrN2O2S. The molecule has 1 unspecified atom stereocenters. The second-order valence-corrected chi connectivity index (χ2v) is 5.49. The predicted molar refractivity (Wildman–Crippen MR) is 74.9 cm³/mol. The average molecular weight is 329 g/mol. The molecule has 1 aliphatic rings. The lowest BCUT2D eigenvalue weighted by molar-refractivity contribution is -0.124. The van der Waals surface area contributed by atoms with Gasteiger partial charge in [-0.3, -0.25) is 9.59 Å². The first-order valence-electron chi connectivity index (χ1n) is 5.65. The minimum Gasteiger partial charge on any atom is -0.354 e. The van der Waals surface area contributed by atoms with Gasteiger partial charge in [0.25, 0.3) is 5.91 Å². The second-order valence-electron chi connectivity index (χ2n) is 4.12. The molecule has 1 saturated heterocycles. The van der Waals surface area contributed by atoms with E-state index in [4.69, 9.17) is 0 Å². The van der Waals surface area contributed by atoms with Crippen LogP contribution in [0.4, 0.5) is 0 Å². The summed E-state index contributed by atoms with van der Waals surface area (Å²) in [6.07, 6.45) is 1.56. The van der Waals surface area contributed by atoms with Crippen LogP contribution in [0.2, 0.25) is 0 Å². The molecule has 0 aliphatic carbocycles. The van der Waals surface area contributed by atoms with E-state index in [1.54, 1.807) is 18.2 Å². The number of carbonyl (C=O) groups excluding carboxylic acids is 2.